The molecule has 1 saturated heterocycles. The molecule has 0 radical (unpaired) electrons. The Kier molecular flexibility index (Phi) is 4.24. The maximum Gasteiger partial charge on any atom is 0.293 e. The Labute approximate surface area is 121 Å². The van der Waals surface area contributed by atoms with Crippen LogP contribution in [0, 0.1) is 0 Å². The van der Waals surface area contributed by atoms with E-state index in [-0.39, 0.29) is 22.0 Å². The van der Waals surface area contributed by atoms with Crippen molar-refractivity contribution in [1.29, 1.82) is 0 Å². The summed E-state index contributed by atoms with van der Waals surface area (Å²) in [5.74, 6) is -0.579. The SMILES string of the molecule is CCN1C(=O)SC(=CN(C(C)=O)c2ccccc2)C1=O. The van der Waals surface area contributed by atoms with Crippen molar-refractivity contribution in [3.05, 3.63) is 41.4 Å². The number of likely N-dealkylation sites (N-methyl/N-ethyl adjacent to an activating group) is 1. The van der Waals surface area contributed by atoms with Crippen LogP contribution in [0.4, 0.5) is 10.5 Å². The van der Waals surface area contributed by atoms with E-state index in [1.165, 1.54) is 18.0 Å². The van der Waals surface area contributed by atoms with Gasteiger partial charge in [-0.15, -0.1) is 0 Å². The molecule has 3 amide bonds. The summed E-state index contributed by atoms with van der Waals surface area (Å²) < 4.78 is 0. The minimum atomic E-state index is -0.357. The van der Waals surface area contributed by atoms with Crippen LogP contribution >= 0.6 is 11.8 Å². The zero-order valence-corrected chi connectivity index (χ0v) is 12.0. The first-order valence-electron chi connectivity index (χ1n) is 6.15. The van der Waals surface area contributed by atoms with E-state index in [1.54, 1.807) is 31.2 Å². The lowest BCUT2D eigenvalue weighted by Gasteiger charge is -2.16. The maximum atomic E-state index is 12.0. The number of imide groups is 1. The molecule has 0 bridgehead atoms. The number of hydrogen-bond donors (Lipinski definition) is 0. The third-order valence-corrected chi connectivity index (χ3v) is 3.70. The molecule has 6 heteroatoms. The molecule has 2 rings (SSSR count). The van der Waals surface area contributed by atoms with E-state index in [0.29, 0.717) is 12.2 Å². The predicted octanol–water partition coefficient (Wildman–Crippen LogP) is 2.60. The van der Waals surface area contributed by atoms with Gasteiger partial charge in [0, 0.05) is 25.4 Å². The second-order valence-electron chi connectivity index (χ2n) is 4.14. The Bertz CT molecular complexity index is 583. The Hall–Kier alpha value is -2.08. The van der Waals surface area contributed by atoms with Crippen molar-refractivity contribution in [2.75, 3.05) is 11.4 Å². The molecule has 1 heterocycles. The van der Waals surface area contributed by atoms with Gasteiger partial charge in [-0.05, 0) is 30.8 Å². The van der Waals surface area contributed by atoms with Crippen molar-refractivity contribution in [3.63, 3.8) is 0 Å². The van der Waals surface area contributed by atoms with Gasteiger partial charge in [-0.1, -0.05) is 18.2 Å². The van der Waals surface area contributed by atoms with Gasteiger partial charge in [0.2, 0.25) is 5.91 Å². The van der Waals surface area contributed by atoms with Crippen LogP contribution in [0.3, 0.4) is 0 Å². The fraction of sp³-hybridized carbons (Fsp3) is 0.214. The summed E-state index contributed by atoms with van der Waals surface area (Å²) in [5, 5.41) is -0.305. The van der Waals surface area contributed by atoms with Gasteiger partial charge in [0.15, 0.2) is 0 Å². The quantitative estimate of drug-likeness (QED) is 0.803. The largest absolute Gasteiger partial charge is 0.293 e. The van der Waals surface area contributed by atoms with Crippen molar-refractivity contribution in [1.82, 2.24) is 4.90 Å². The highest BCUT2D eigenvalue weighted by Crippen LogP contribution is 2.31. The Morgan fingerprint density at radius 2 is 1.95 bits per heavy atom. The summed E-state index contributed by atoms with van der Waals surface area (Å²) in [5.41, 5.74) is 0.656. The minimum absolute atomic E-state index is 0.223. The van der Waals surface area contributed by atoms with Gasteiger partial charge >= 0.3 is 0 Å². The van der Waals surface area contributed by atoms with E-state index < -0.39 is 0 Å². The molecule has 20 heavy (non-hydrogen) atoms. The Balaban J connectivity index is 2.34. The lowest BCUT2D eigenvalue weighted by atomic mass is 10.3. The van der Waals surface area contributed by atoms with Crippen molar-refractivity contribution < 1.29 is 14.4 Å². The number of benzene rings is 1. The molecule has 104 valence electrons. The normalized spacial score (nSPS) is 16.9. The second-order valence-corrected chi connectivity index (χ2v) is 5.13. The van der Waals surface area contributed by atoms with Gasteiger partial charge in [-0.3, -0.25) is 24.2 Å². The number of amides is 3. The van der Waals surface area contributed by atoms with Gasteiger partial charge in [0.05, 0.1) is 4.91 Å². The fourth-order valence-electron chi connectivity index (χ4n) is 1.82. The number of para-hydroxylation sites is 1. The molecule has 0 saturated carbocycles. The molecule has 0 aliphatic carbocycles. The smallest absolute Gasteiger partial charge is 0.287 e. The maximum absolute atomic E-state index is 12.0. The lowest BCUT2D eigenvalue weighted by molar-refractivity contribution is -0.122. The highest BCUT2D eigenvalue weighted by molar-refractivity contribution is 8.18. The average Bonchev–Trinajstić information content (AvgIpc) is 2.70. The summed E-state index contributed by atoms with van der Waals surface area (Å²) in [4.78, 5) is 38.2. The minimum Gasteiger partial charge on any atom is -0.287 e. The summed E-state index contributed by atoms with van der Waals surface area (Å²) in [6, 6.07) is 8.98. The monoisotopic (exact) mass is 290 g/mol. The average molecular weight is 290 g/mol. The van der Waals surface area contributed by atoms with Crippen LogP contribution < -0.4 is 4.90 Å². The van der Waals surface area contributed by atoms with Gasteiger partial charge in [0.1, 0.15) is 0 Å². The Morgan fingerprint density at radius 1 is 1.30 bits per heavy atom. The number of rotatable bonds is 3. The van der Waals surface area contributed by atoms with E-state index in [0.717, 1.165) is 16.7 Å². The van der Waals surface area contributed by atoms with Crippen molar-refractivity contribution in [3.8, 4) is 0 Å². The van der Waals surface area contributed by atoms with Gasteiger partial charge in [0.25, 0.3) is 11.1 Å². The van der Waals surface area contributed by atoms with Crippen molar-refractivity contribution in [2.45, 2.75) is 13.8 Å². The molecule has 0 atom stereocenters. The molecular formula is C14H14N2O3S. The topological polar surface area (TPSA) is 57.7 Å². The molecular weight excluding hydrogens is 276 g/mol. The van der Waals surface area contributed by atoms with Crippen LogP contribution in [0.25, 0.3) is 0 Å². The van der Waals surface area contributed by atoms with Crippen LogP contribution in [0.5, 0.6) is 0 Å². The first-order valence-corrected chi connectivity index (χ1v) is 6.96. The molecule has 1 aromatic carbocycles. The van der Waals surface area contributed by atoms with Crippen LogP contribution in [-0.4, -0.2) is 28.5 Å². The standard InChI is InChI=1S/C14H14N2O3S/c1-3-15-13(18)12(20-14(15)19)9-16(10(2)17)11-7-5-4-6-8-11/h4-9H,3H2,1-2H3. The number of hydrogen-bond acceptors (Lipinski definition) is 4. The zero-order valence-electron chi connectivity index (χ0n) is 11.2. The van der Waals surface area contributed by atoms with Crippen LogP contribution in [0.2, 0.25) is 0 Å². The first kappa shape index (κ1) is 14.3. The fourth-order valence-corrected chi connectivity index (χ4v) is 2.68. The molecule has 0 unspecified atom stereocenters. The Morgan fingerprint density at radius 3 is 2.45 bits per heavy atom. The predicted molar refractivity (Wildman–Crippen MR) is 78.1 cm³/mol. The van der Waals surface area contributed by atoms with Crippen molar-refractivity contribution in [2.24, 2.45) is 0 Å². The highest BCUT2D eigenvalue weighted by Gasteiger charge is 2.34. The van der Waals surface area contributed by atoms with Crippen molar-refractivity contribution >= 4 is 34.5 Å². The molecule has 0 spiro atoms. The molecule has 1 aliphatic heterocycles. The summed E-state index contributed by atoms with van der Waals surface area (Å²) in [6.07, 6.45) is 1.43. The number of carbonyl (C=O) groups excluding carboxylic acids is 3. The van der Waals surface area contributed by atoms with Gasteiger partial charge in [-0.2, -0.15) is 0 Å². The molecule has 1 fully saturated rings. The van der Waals surface area contributed by atoms with E-state index in [4.69, 9.17) is 0 Å². The number of nitrogens with zero attached hydrogens (tertiary/aromatic N) is 2. The van der Waals surface area contributed by atoms with E-state index >= 15 is 0 Å². The lowest BCUT2D eigenvalue weighted by Crippen LogP contribution is -2.28. The first-order chi connectivity index (χ1) is 9.54. The molecule has 1 aromatic rings. The summed E-state index contributed by atoms with van der Waals surface area (Å²) in [7, 11) is 0. The zero-order chi connectivity index (χ0) is 14.7. The third-order valence-electron chi connectivity index (χ3n) is 2.81. The van der Waals surface area contributed by atoms with Gasteiger partial charge in [-0.25, -0.2) is 0 Å². The summed E-state index contributed by atoms with van der Waals surface area (Å²) in [6.45, 7) is 3.47. The molecule has 5 nitrogen and oxygen atoms in total. The van der Waals surface area contributed by atoms with Crippen LogP contribution in [0.15, 0.2) is 41.4 Å². The molecule has 1 aliphatic rings. The second kappa shape index (κ2) is 5.92. The van der Waals surface area contributed by atoms with E-state index in [2.05, 4.69) is 0 Å². The number of anilines is 1. The molecule has 0 N–H and O–H groups in total. The van der Waals surface area contributed by atoms with Gasteiger partial charge < -0.3 is 0 Å². The van der Waals surface area contributed by atoms with E-state index in [1.807, 2.05) is 6.07 Å². The highest BCUT2D eigenvalue weighted by atomic mass is 32.2. The summed E-state index contributed by atoms with van der Waals surface area (Å²) >= 11 is 0.851. The number of thioether (sulfide) groups is 1. The van der Waals surface area contributed by atoms with Crippen LogP contribution in [-0.2, 0) is 9.59 Å². The number of carbonyl (C=O) groups is 3. The molecule has 0 aromatic heterocycles. The van der Waals surface area contributed by atoms with Crippen LogP contribution in [0.1, 0.15) is 13.8 Å². The third kappa shape index (κ3) is 2.75. The van der Waals surface area contributed by atoms with E-state index in [9.17, 15) is 14.4 Å².